The van der Waals surface area contributed by atoms with Gasteiger partial charge in [-0.05, 0) is 40.2 Å². The van der Waals surface area contributed by atoms with Gasteiger partial charge in [-0.3, -0.25) is 0 Å². The van der Waals surface area contributed by atoms with E-state index in [4.69, 9.17) is 23.2 Å². The first-order valence-corrected chi connectivity index (χ1v) is 6.64. The highest BCUT2D eigenvalue weighted by molar-refractivity contribution is 9.10. The van der Waals surface area contributed by atoms with Crippen molar-refractivity contribution >= 4 is 44.8 Å². The summed E-state index contributed by atoms with van der Waals surface area (Å²) in [6, 6.07) is 6.86. The van der Waals surface area contributed by atoms with Crippen molar-refractivity contribution in [3.05, 3.63) is 50.7 Å². The molecule has 2 rings (SSSR count). The smallest absolute Gasteiger partial charge is 0.139 e. The van der Waals surface area contributed by atoms with Crippen LogP contribution in [-0.4, -0.2) is 10.1 Å². The van der Waals surface area contributed by atoms with Gasteiger partial charge in [0, 0.05) is 23.3 Å². The van der Waals surface area contributed by atoms with Crippen molar-refractivity contribution < 1.29 is 5.11 Å². The Labute approximate surface area is 123 Å². The number of phenols is 1. The van der Waals surface area contributed by atoms with Crippen LogP contribution in [0.15, 0.2) is 35.1 Å². The summed E-state index contributed by atoms with van der Waals surface area (Å²) in [7, 11) is 0. The van der Waals surface area contributed by atoms with Gasteiger partial charge in [-0.2, -0.15) is 0 Å². The highest BCUT2D eigenvalue weighted by Crippen LogP contribution is 2.32. The number of aromatic hydroxyl groups is 1. The Bertz CT molecular complexity index is 578. The van der Waals surface area contributed by atoms with E-state index < -0.39 is 0 Å². The molecule has 0 spiro atoms. The van der Waals surface area contributed by atoms with Gasteiger partial charge >= 0.3 is 0 Å². The normalized spacial score (nSPS) is 10.4. The number of hydrogen-bond donors (Lipinski definition) is 2. The molecule has 3 nitrogen and oxygen atoms in total. The fourth-order valence-corrected chi connectivity index (χ4v) is 2.39. The van der Waals surface area contributed by atoms with Crippen LogP contribution in [0.3, 0.4) is 0 Å². The van der Waals surface area contributed by atoms with Crippen molar-refractivity contribution in [2.24, 2.45) is 0 Å². The lowest BCUT2D eigenvalue weighted by Crippen LogP contribution is -2.01. The molecule has 0 aliphatic heterocycles. The van der Waals surface area contributed by atoms with E-state index >= 15 is 0 Å². The second-order valence-corrected chi connectivity index (χ2v) is 5.19. The molecular weight excluding hydrogens is 339 g/mol. The van der Waals surface area contributed by atoms with Gasteiger partial charge in [-0.1, -0.05) is 23.2 Å². The minimum absolute atomic E-state index is 0.0357. The number of nitrogens with one attached hydrogen (secondary N) is 1. The Kier molecular flexibility index (Phi) is 4.32. The largest absolute Gasteiger partial charge is 0.506 e. The third kappa shape index (κ3) is 3.07. The molecule has 0 radical (unpaired) electrons. The molecular formula is C12H9BrCl2N2O. The van der Waals surface area contributed by atoms with Crippen molar-refractivity contribution in [3.63, 3.8) is 0 Å². The van der Waals surface area contributed by atoms with Crippen LogP contribution in [0.2, 0.25) is 10.0 Å². The highest BCUT2D eigenvalue weighted by atomic mass is 79.9. The van der Waals surface area contributed by atoms with E-state index in [0.717, 1.165) is 5.69 Å². The standard InChI is InChI=1S/C12H9BrCl2N2O/c13-12-10(2-1-3-16-12)17-6-7-4-8(14)5-9(15)11(7)18/h1-5,17-18H,6H2. The van der Waals surface area contributed by atoms with Crippen molar-refractivity contribution in [2.45, 2.75) is 6.54 Å². The number of hydrogen-bond acceptors (Lipinski definition) is 3. The summed E-state index contributed by atoms with van der Waals surface area (Å²) in [5.74, 6) is 0.0357. The van der Waals surface area contributed by atoms with Gasteiger partial charge < -0.3 is 10.4 Å². The van der Waals surface area contributed by atoms with Gasteiger partial charge in [0.25, 0.3) is 0 Å². The second kappa shape index (κ2) is 5.78. The fourth-order valence-electron chi connectivity index (χ4n) is 1.46. The first-order chi connectivity index (χ1) is 8.58. The summed E-state index contributed by atoms with van der Waals surface area (Å²) in [5, 5.41) is 13.7. The average molecular weight is 348 g/mol. The Hall–Kier alpha value is -0.970. The molecule has 0 saturated heterocycles. The lowest BCUT2D eigenvalue weighted by molar-refractivity contribution is 0.469. The predicted octanol–water partition coefficient (Wildman–Crippen LogP) is 4.47. The summed E-state index contributed by atoms with van der Waals surface area (Å²) in [5.41, 5.74) is 1.45. The monoisotopic (exact) mass is 346 g/mol. The van der Waals surface area contributed by atoms with E-state index in [0.29, 0.717) is 21.7 Å². The van der Waals surface area contributed by atoms with Gasteiger partial charge in [0.1, 0.15) is 10.4 Å². The average Bonchev–Trinajstić information content (AvgIpc) is 2.33. The molecule has 0 atom stereocenters. The number of anilines is 1. The lowest BCUT2D eigenvalue weighted by Gasteiger charge is -2.10. The third-order valence-electron chi connectivity index (χ3n) is 2.34. The molecule has 0 aliphatic carbocycles. The van der Waals surface area contributed by atoms with Crippen LogP contribution in [0.25, 0.3) is 0 Å². The highest BCUT2D eigenvalue weighted by Gasteiger charge is 2.08. The molecule has 2 N–H and O–H groups in total. The zero-order valence-electron chi connectivity index (χ0n) is 9.12. The van der Waals surface area contributed by atoms with E-state index in [9.17, 15) is 5.11 Å². The molecule has 1 heterocycles. The molecule has 18 heavy (non-hydrogen) atoms. The zero-order valence-corrected chi connectivity index (χ0v) is 12.2. The molecule has 0 unspecified atom stereocenters. The number of aromatic nitrogens is 1. The van der Waals surface area contributed by atoms with Crippen LogP contribution < -0.4 is 5.32 Å². The fraction of sp³-hybridized carbons (Fsp3) is 0.0833. The number of benzene rings is 1. The van der Waals surface area contributed by atoms with E-state index in [1.807, 2.05) is 12.1 Å². The molecule has 94 valence electrons. The maximum absolute atomic E-state index is 9.81. The van der Waals surface area contributed by atoms with E-state index in [1.54, 1.807) is 12.3 Å². The molecule has 0 fully saturated rings. The topological polar surface area (TPSA) is 45.1 Å². The quantitative estimate of drug-likeness (QED) is 0.805. The molecule has 6 heteroatoms. The summed E-state index contributed by atoms with van der Waals surface area (Å²) < 4.78 is 0.706. The van der Waals surface area contributed by atoms with Crippen LogP contribution in [0, 0.1) is 0 Å². The summed E-state index contributed by atoms with van der Waals surface area (Å²) in [6.45, 7) is 0.399. The van der Waals surface area contributed by atoms with E-state index in [-0.39, 0.29) is 10.8 Å². The SMILES string of the molecule is Oc1c(Cl)cc(Cl)cc1CNc1cccnc1Br. The summed E-state index contributed by atoms with van der Waals surface area (Å²) >= 11 is 15.1. The number of pyridine rings is 1. The zero-order chi connectivity index (χ0) is 13.1. The molecule has 0 amide bonds. The predicted molar refractivity (Wildman–Crippen MR) is 77.4 cm³/mol. The third-order valence-corrected chi connectivity index (χ3v) is 3.47. The summed E-state index contributed by atoms with van der Waals surface area (Å²) in [6.07, 6.45) is 1.68. The molecule has 2 aromatic rings. The number of rotatable bonds is 3. The van der Waals surface area contributed by atoms with Gasteiger partial charge in [0.2, 0.25) is 0 Å². The van der Waals surface area contributed by atoms with Crippen LogP contribution in [0.5, 0.6) is 5.75 Å². The Morgan fingerprint density at radius 2 is 2.11 bits per heavy atom. The van der Waals surface area contributed by atoms with Crippen LogP contribution in [-0.2, 0) is 6.54 Å². The van der Waals surface area contributed by atoms with Crippen molar-refractivity contribution in [1.82, 2.24) is 4.98 Å². The number of nitrogens with zero attached hydrogens (tertiary/aromatic N) is 1. The van der Waals surface area contributed by atoms with Crippen LogP contribution >= 0.6 is 39.1 Å². The second-order valence-electron chi connectivity index (χ2n) is 3.59. The first-order valence-electron chi connectivity index (χ1n) is 5.09. The Morgan fingerprint density at radius 1 is 1.33 bits per heavy atom. The van der Waals surface area contributed by atoms with Crippen molar-refractivity contribution in [2.75, 3.05) is 5.32 Å². The summed E-state index contributed by atoms with van der Waals surface area (Å²) in [4.78, 5) is 4.09. The van der Waals surface area contributed by atoms with Gasteiger partial charge in [0.05, 0.1) is 10.7 Å². The van der Waals surface area contributed by atoms with Crippen molar-refractivity contribution in [1.29, 1.82) is 0 Å². The van der Waals surface area contributed by atoms with Gasteiger partial charge in [0.15, 0.2) is 0 Å². The number of halogens is 3. The van der Waals surface area contributed by atoms with Crippen molar-refractivity contribution in [3.8, 4) is 5.75 Å². The maximum Gasteiger partial charge on any atom is 0.139 e. The van der Waals surface area contributed by atoms with E-state index in [2.05, 4.69) is 26.2 Å². The van der Waals surface area contributed by atoms with Crippen LogP contribution in [0.4, 0.5) is 5.69 Å². The molecule has 0 saturated carbocycles. The molecule has 1 aromatic carbocycles. The van der Waals surface area contributed by atoms with Gasteiger partial charge in [-0.25, -0.2) is 4.98 Å². The Morgan fingerprint density at radius 3 is 2.83 bits per heavy atom. The lowest BCUT2D eigenvalue weighted by atomic mass is 10.2. The molecule has 0 bridgehead atoms. The van der Waals surface area contributed by atoms with Crippen LogP contribution in [0.1, 0.15) is 5.56 Å². The molecule has 1 aromatic heterocycles. The maximum atomic E-state index is 9.81. The Balaban J connectivity index is 2.18. The minimum Gasteiger partial charge on any atom is -0.506 e. The minimum atomic E-state index is 0.0357. The van der Waals surface area contributed by atoms with E-state index in [1.165, 1.54) is 6.07 Å². The first kappa shape index (κ1) is 13.5. The van der Waals surface area contributed by atoms with Gasteiger partial charge in [-0.15, -0.1) is 0 Å². The molecule has 0 aliphatic rings. The number of phenolic OH excluding ortho intramolecular Hbond substituents is 1.